The molecule has 1 aromatic carbocycles. The van der Waals surface area contributed by atoms with Crippen LogP contribution >= 0.6 is 0 Å². The van der Waals surface area contributed by atoms with E-state index in [0.29, 0.717) is 12.3 Å². The van der Waals surface area contributed by atoms with Crippen LogP contribution in [0.5, 0.6) is 5.75 Å². The Morgan fingerprint density at radius 1 is 1.00 bits per heavy atom. The van der Waals surface area contributed by atoms with Crippen LogP contribution in [0.15, 0.2) is 36.4 Å². The van der Waals surface area contributed by atoms with Crippen LogP contribution in [0.2, 0.25) is 0 Å². The van der Waals surface area contributed by atoms with Gasteiger partial charge in [0.05, 0.1) is 24.5 Å². The number of hydrogen-bond acceptors (Lipinski definition) is 5. The Labute approximate surface area is 224 Å². The molecule has 6 rings (SSSR count). The van der Waals surface area contributed by atoms with Gasteiger partial charge >= 0.3 is 0 Å². The number of ether oxygens (including phenoxy) is 2. The van der Waals surface area contributed by atoms with Gasteiger partial charge in [0.2, 0.25) is 17.7 Å². The Morgan fingerprint density at radius 3 is 2.37 bits per heavy atom. The number of hydrogen-bond donors (Lipinski definition) is 2. The molecule has 2 aliphatic carbocycles. The van der Waals surface area contributed by atoms with Crippen molar-refractivity contribution in [3.8, 4) is 5.75 Å². The van der Waals surface area contributed by atoms with Crippen molar-refractivity contribution >= 4 is 23.4 Å². The first kappa shape index (κ1) is 25.4. The SMILES string of the molecule is CCOc1ccc(NC(=O)[C@H]2[C@@H]3C=C[C@]4(O3)[C@@H]2C(=O)N(C2CCCCC2)[C@H]4C(=O)NC2CCCCC2)cc1. The first-order valence-electron chi connectivity index (χ1n) is 14.6. The molecule has 2 N–H and O–H groups in total. The molecule has 2 saturated heterocycles. The molecular formula is C30H39N3O5. The molecule has 204 valence electrons. The molecule has 8 heteroatoms. The topological polar surface area (TPSA) is 97.0 Å². The third kappa shape index (κ3) is 4.31. The summed E-state index contributed by atoms with van der Waals surface area (Å²) in [7, 11) is 0. The highest BCUT2D eigenvalue weighted by Crippen LogP contribution is 2.56. The van der Waals surface area contributed by atoms with Crippen molar-refractivity contribution in [2.75, 3.05) is 11.9 Å². The van der Waals surface area contributed by atoms with Gasteiger partial charge in [0, 0.05) is 17.8 Å². The number of fused-ring (bicyclic) bond motifs is 1. The van der Waals surface area contributed by atoms with E-state index in [-0.39, 0.29) is 29.8 Å². The Morgan fingerprint density at radius 2 is 1.68 bits per heavy atom. The highest BCUT2D eigenvalue weighted by atomic mass is 16.5. The molecule has 5 atom stereocenters. The molecule has 1 spiro atoms. The molecule has 0 aromatic heterocycles. The highest BCUT2D eigenvalue weighted by Gasteiger charge is 2.73. The minimum Gasteiger partial charge on any atom is -0.494 e. The Bertz CT molecular complexity index is 1090. The first-order chi connectivity index (χ1) is 18.5. The normalized spacial score (nSPS) is 32.9. The summed E-state index contributed by atoms with van der Waals surface area (Å²) in [5.74, 6) is -1.14. The fraction of sp³-hybridized carbons (Fsp3) is 0.633. The van der Waals surface area contributed by atoms with E-state index >= 15 is 0 Å². The van der Waals surface area contributed by atoms with E-state index in [1.54, 1.807) is 12.1 Å². The summed E-state index contributed by atoms with van der Waals surface area (Å²) in [5.41, 5.74) is -0.459. The van der Waals surface area contributed by atoms with Gasteiger partial charge < -0.3 is 25.0 Å². The second kappa shape index (κ2) is 10.4. The van der Waals surface area contributed by atoms with Crippen LogP contribution in [-0.2, 0) is 19.1 Å². The lowest BCUT2D eigenvalue weighted by Gasteiger charge is -2.39. The first-order valence-corrected chi connectivity index (χ1v) is 14.6. The second-order valence-electron chi connectivity index (χ2n) is 11.5. The molecule has 3 aliphatic heterocycles. The number of nitrogens with one attached hydrogen (secondary N) is 2. The molecule has 2 bridgehead atoms. The van der Waals surface area contributed by atoms with Gasteiger partial charge in [0.25, 0.3) is 0 Å². The zero-order chi connectivity index (χ0) is 26.3. The minimum atomic E-state index is -1.10. The number of carbonyl (C=O) groups is 3. The monoisotopic (exact) mass is 521 g/mol. The summed E-state index contributed by atoms with van der Waals surface area (Å²) in [6.07, 6.45) is 13.7. The van der Waals surface area contributed by atoms with E-state index in [1.165, 1.54) is 6.42 Å². The maximum Gasteiger partial charge on any atom is 0.246 e. The summed E-state index contributed by atoms with van der Waals surface area (Å²) in [5, 5.41) is 6.27. The van der Waals surface area contributed by atoms with Crippen molar-refractivity contribution in [2.45, 2.75) is 101 Å². The van der Waals surface area contributed by atoms with Gasteiger partial charge in [-0.25, -0.2) is 0 Å². The lowest BCUT2D eigenvalue weighted by molar-refractivity contribution is -0.144. The largest absolute Gasteiger partial charge is 0.494 e. The molecule has 38 heavy (non-hydrogen) atoms. The predicted molar refractivity (Wildman–Crippen MR) is 142 cm³/mol. The lowest BCUT2D eigenvalue weighted by Crippen LogP contribution is -2.58. The summed E-state index contributed by atoms with van der Waals surface area (Å²) in [4.78, 5) is 43.6. The number of carbonyl (C=O) groups excluding carboxylic acids is 3. The molecule has 3 amide bonds. The number of benzene rings is 1. The van der Waals surface area contributed by atoms with Gasteiger partial charge in [-0.2, -0.15) is 0 Å². The average molecular weight is 522 g/mol. The van der Waals surface area contributed by atoms with Gasteiger partial charge in [-0.1, -0.05) is 50.7 Å². The molecule has 1 aromatic rings. The number of nitrogens with zero attached hydrogens (tertiary/aromatic N) is 1. The summed E-state index contributed by atoms with van der Waals surface area (Å²) in [6, 6.07) is 6.63. The van der Waals surface area contributed by atoms with E-state index < -0.39 is 29.6 Å². The summed E-state index contributed by atoms with van der Waals surface area (Å²) < 4.78 is 12.0. The van der Waals surface area contributed by atoms with Crippen LogP contribution in [0, 0.1) is 11.8 Å². The van der Waals surface area contributed by atoms with Crippen LogP contribution in [0.25, 0.3) is 0 Å². The molecular weight excluding hydrogens is 482 g/mol. The van der Waals surface area contributed by atoms with E-state index in [0.717, 1.165) is 63.5 Å². The van der Waals surface area contributed by atoms with Crippen molar-refractivity contribution in [3.63, 3.8) is 0 Å². The number of likely N-dealkylation sites (tertiary alicyclic amines) is 1. The van der Waals surface area contributed by atoms with Gasteiger partial charge in [-0.15, -0.1) is 0 Å². The van der Waals surface area contributed by atoms with Crippen molar-refractivity contribution in [1.29, 1.82) is 0 Å². The van der Waals surface area contributed by atoms with Crippen LogP contribution in [0.4, 0.5) is 5.69 Å². The van der Waals surface area contributed by atoms with Gasteiger partial charge in [0.1, 0.15) is 17.4 Å². The fourth-order valence-electron chi connectivity index (χ4n) is 7.51. The fourth-order valence-corrected chi connectivity index (χ4v) is 7.51. The van der Waals surface area contributed by atoms with E-state index in [9.17, 15) is 14.4 Å². The smallest absolute Gasteiger partial charge is 0.246 e. The molecule has 5 aliphatic rings. The van der Waals surface area contributed by atoms with Crippen molar-refractivity contribution in [1.82, 2.24) is 10.2 Å². The molecule has 4 fully saturated rings. The number of rotatable bonds is 7. The predicted octanol–water partition coefficient (Wildman–Crippen LogP) is 3.96. The van der Waals surface area contributed by atoms with Gasteiger partial charge in [-0.3, -0.25) is 14.4 Å². The maximum absolute atomic E-state index is 14.2. The molecule has 0 unspecified atom stereocenters. The van der Waals surface area contributed by atoms with Crippen LogP contribution in [0.3, 0.4) is 0 Å². The standard InChI is InChI=1S/C30H39N3O5/c1-2-37-22-15-13-20(14-16-22)31-27(34)24-23-17-18-30(38-23)25(24)29(36)33(21-11-7-4-8-12-21)26(30)28(35)32-19-9-5-3-6-10-19/h13-19,21,23-26H,2-12H2,1H3,(H,31,34)(H,32,35)/t23-,24-,25-,26-,30-/m0/s1. The van der Waals surface area contributed by atoms with Crippen molar-refractivity contribution in [3.05, 3.63) is 36.4 Å². The zero-order valence-electron chi connectivity index (χ0n) is 22.2. The third-order valence-electron chi connectivity index (χ3n) is 9.22. The quantitative estimate of drug-likeness (QED) is 0.530. The van der Waals surface area contributed by atoms with Gasteiger partial charge in [0.15, 0.2) is 0 Å². The second-order valence-corrected chi connectivity index (χ2v) is 11.5. The average Bonchev–Trinajstić information content (AvgIpc) is 3.58. The van der Waals surface area contributed by atoms with Crippen LogP contribution in [0.1, 0.15) is 71.1 Å². The number of anilines is 1. The highest BCUT2D eigenvalue weighted by molar-refractivity contribution is 6.03. The van der Waals surface area contributed by atoms with Crippen LogP contribution in [-0.4, -0.2) is 59.1 Å². The van der Waals surface area contributed by atoms with Gasteiger partial charge in [-0.05, 0) is 56.9 Å². The van der Waals surface area contributed by atoms with E-state index in [2.05, 4.69) is 10.6 Å². The minimum absolute atomic E-state index is 0.00389. The molecule has 3 heterocycles. The number of amides is 3. The molecule has 0 radical (unpaired) electrons. The van der Waals surface area contributed by atoms with Crippen molar-refractivity contribution < 1.29 is 23.9 Å². The summed E-state index contributed by atoms with van der Waals surface area (Å²) >= 11 is 0. The molecule has 8 nitrogen and oxygen atoms in total. The Kier molecular flexibility index (Phi) is 6.93. The molecule has 2 saturated carbocycles. The lowest BCUT2D eigenvalue weighted by atomic mass is 9.74. The maximum atomic E-state index is 14.2. The summed E-state index contributed by atoms with van der Waals surface area (Å²) in [6.45, 7) is 2.49. The van der Waals surface area contributed by atoms with E-state index in [4.69, 9.17) is 9.47 Å². The Hall–Kier alpha value is -2.87. The third-order valence-corrected chi connectivity index (χ3v) is 9.22. The zero-order valence-corrected chi connectivity index (χ0v) is 22.2. The van der Waals surface area contributed by atoms with E-state index in [1.807, 2.05) is 36.1 Å². The Balaban J connectivity index is 1.28. The van der Waals surface area contributed by atoms with Crippen LogP contribution < -0.4 is 15.4 Å². The van der Waals surface area contributed by atoms with Crippen molar-refractivity contribution in [2.24, 2.45) is 11.8 Å².